The normalized spacial score (nSPS) is 20.3. The highest BCUT2D eigenvalue weighted by Gasteiger charge is 2.48. The fraction of sp³-hybridized carbons (Fsp3) is 0.577. The van der Waals surface area contributed by atoms with Crippen LogP contribution in [0.25, 0.3) is 0 Å². The molecule has 3 atom stereocenters. The van der Waals surface area contributed by atoms with E-state index in [1.54, 1.807) is 6.07 Å². The molecule has 0 spiro atoms. The Morgan fingerprint density at radius 1 is 1.11 bits per heavy atom. The van der Waals surface area contributed by atoms with Crippen molar-refractivity contribution >= 4 is 35.3 Å². The summed E-state index contributed by atoms with van der Waals surface area (Å²) >= 11 is 0. The zero-order chi connectivity index (χ0) is 25.7. The molecule has 0 radical (unpaired) electrons. The number of carbonyl (C=O) groups is 5. The summed E-state index contributed by atoms with van der Waals surface area (Å²) in [5.74, 6) is -3.03. The lowest BCUT2D eigenvalue weighted by molar-refractivity contribution is -0.157. The predicted octanol–water partition coefficient (Wildman–Crippen LogP) is 2.59. The number of hydrogen-bond acceptors (Lipinski definition) is 6. The zero-order valence-corrected chi connectivity index (χ0v) is 21.0. The van der Waals surface area contributed by atoms with Crippen molar-refractivity contribution in [1.82, 2.24) is 9.80 Å². The summed E-state index contributed by atoms with van der Waals surface area (Å²) < 4.78 is 5.12. The van der Waals surface area contributed by atoms with E-state index in [1.807, 2.05) is 39.8 Å². The van der Waals surface area contributed by atoms with E-state index in [4.69, 9.17) is 4.74 Å². The van der Waals surface area contributed by atoms with Crippen LogP contribution >= 0.6 is 0 Å². The Labute approximate surface area is 206 Å². The topological polar surface area (TPSA) is 113 Å². The molecule has 190 valence electrons. The summed E-state index contributed by atoms with van der Waals surface area (Å²) in [7, 11) is 0. The van der Waals surface area contributed by atoms with Crippen LogP contribution in [0.1, 0.15) is 57.1 Å². The summed E-state index contributed by atoms with van der Waals surface area (Å²) in [5.41, 5.74) is 2.67. The third kappa shape index (κ3) is 6.07. The Hall–Kier alpha value is -3.23. The minimum atomic E-state index is -0.817. The molecule has 0 bridgehead atoms. The van der Waals surface area contributed by atoms with Crippen LogP contribution in [0, 0.1) is 25.7 Å². The van der Waals surface area contributed by atoms with Gasteiger partial charge in [0.25, 0.3) is 5.91 Å². The number of aryl methyl sites for hydroxylation is 1. The molecular weight excluding hydrogens is 450 g/mol. The van der Waals surface area contributed by atoms with Crippen molar-refractivity contribution in [2.24, 2.45) is 11.8 Å². The van der Waals surface area contributed by atoms with Crippen molar-refractivity contribution < 1.29 is 28.7 Å². The number of ether oxygens (including phenoxy) is 1. The van der Waals surface area contributed by atoms with Gasteiger partial charge in [-0.1, -0.05) is 31.9 Å². The van der Waals surface area contributed by atoms with Crippen LogP contribution in [0.4, 0.5) is 5.69 Å². The number of nitrogens with one attached hydrogen (secondary N) is 1. The van der Waals surface area contributed by atoms with Crippen molar-refractivity contribution in [3.8, 4) is 0 Å². The van der Waals surface area contributed by atoms with Gasteiger partial charge in [-0.25, -0.2) is 0 Å². The smallest absolute Gasteiger partial charge is 0.326 e. The van der Waals surface area contributed by atoms with Crippen molar-refractivity contribution in [1.29, 1.82) is 0 Å². The number of hydrogen-bond donors (Lipinski definition) is 1. The first-order valence-electron chi connectivity index (χ1n) is 12.3. The molecule has 0 aromatic heterocycles. The molecule has 9 heteroatoms. The third-order valence-electron chi connectivity index (χ3n) is 7.21. The minimum absolute atomic E-state index is 0.189. The van der Waals surface area contributed by atoms with Crippen LogP contribution in [0.2, 0.25) is 0 Å². The number of likely N-dealkylation sites (tertiary alicyclic amines) is 1. The number of amides is 4. The van der Waals surface area contributed by atoms with E-state index >= 15 is 0 Å². The predicted molar refractivity (Wildman–Crippen MR) is 129 cm³/mol. The number of anilines is 1. The molecule has 1 saturated heterocycles. The van der Waals surface area contributed by atoms with E-state index in [1.165, 1.54) is 4.90 Å². The van der Waals surface area contributed by atoms with E-state index in [9.17, 15) is 24.0 Å². The summed E-state index contributed by atoms with van der Waals surface area (Å²) in [5, 5.41) is 2.84. The maximum Gasteiger partial charge on any atom is 0.326 e. The van der Waals surface area contributed by atoms with Crippen molar-refractivity contribution in [2.45, 2.75) is 65.8 Å². The van der Waals surface area contributed by atoms with Gasteiger partial charge < -0.3 is 15.0 Å². The summed E-state index contributed by atoms with van der Waals surface area (Å²) in [4.78, 5) is 65.4. The molecule has 3 rings (SSSR count). The molecule has 1 heterocycles. The fourth-order valence-electron chi connectivity index (χ4n) is 4.73. The molecular formula is C26H35N3O6. The standard InChI is InChI=1S/C26H35N3O6/c1-5-17(3)28(13-22(30)27-21-12-8-9-16(2)18(21)4)23(31)15-35-24(32)14-29-25(33)19-10-6-7-11-20(19)26(29)34/h8-9,12,17,19-20H,5-7,10-11,13-15H2,1-4H3,(H,27,30). The summed E-state index contributed by atoms with van der Waals surface area (Å²) in [6.07, 6.45) is 3.72. The fourth-order valence-corrected chi connectivity index (χ4v) is 4.73. The first kappa shape index (κ1) is 26.4. The molecule has 1 aromatic rings. The number of nitrogens with zero attached hydrogens (tertiary/aromatic N) is 2. The lowest BCUT2D eigenvalue weighted by Crippen LogP contribution is -2.45. The molecule has 9 nitrogen and oxygen atoms in total. The Kier molecular flexibility index (Phi) is 8.64. The summed E-state index contributed by atoms with van der Waals surface area (Å²) in [6, 6.07) is 5.34. The Morgan fingerprint density at radius 2 is 1.74 bits per heavy atom. The molecule has 2 aliphatic rings. The quantitative estimate of drug-likeness (QED) is 0.425. The van der Waals surface area contributed by atoms with Gasteiger partial charge in [0.05, 0.1) is 11.8 Å². The van der Waals surface area contributed by atoms with E-state index in [0.29, 0.717) is 24.9 Å². The van der Waals surface area contributed by atoms with Crippen molar-refractivity contribution in [2.75, 3.05) is 25.0 Å². The van der Waals surface area contributed by atoms with Crippen LogP contribution in [0.3, 0.4) is 0 Å². The van der Waals surface area contributed by atoms with Gasteiger partial charge in [0.2, 0.25) is 17.7 Å². The Morgan fingerprint density at radius 3 is 2.34 bits per heavy atom. The largest absolute Gasteiger partial charge is 0.454 e. The van der Waals surface area contributed by atoms with E-state index < -0.39 is 25.0 Å². The minimum Gasteiger partial charge on any atom is -0.454 e. The lowest BCUT2D eigenvalue weighted by Gasteiger charge is -2.28. The first-order valence-corrected chi connectivity index (χ1v) is 12.3. The highest BCUT2D eigenvalue weighted by molar-refractivity contribution is 6.07. The maximum atomic E-state index is 12.8. The number of imide groups is 1. The van der Waals surface area contributed by atoms with Crippen LogP contribution in [0.15, 0.2) is 18.2 Å². The van der Waals surface area contributed by atoms with Gasteiger partial charge in [0, 0.05) is 11.7 Å². The highest BCUT2D eigenvalue weighted by atomic mass is 16.5. The van der Waals surface area contributed by atoms with Gasteiger partial charge in [0.15, 0.2) is 6.61 Å². The number of fused-ring (bicyclic) bond motifs is 1. The molecule has 35 heavy (non-hydrogen) atoms. The second-order valence-electron chi connectivity index (χ2n) is 9.50. The van der Waals surface area contributed by atoms with Gasteiger partial charge in [-0.3, -0.25) is 28.9 Å². The van der Waals surface area contributed by atoms with Crippen LogP contribution in [0.5, 0.6) is 0 Å². The van der Waals surface area contributed by atoms with Crippen molar-refractivity contribution in [3.63, 3.8) is 0 Å². The number of carbonyl (C=O) groups excluding carboxylic acids is 5. The molecule has 3 unspecified atom stereocenters. The molecule has 4 amide bonds. The van der Waals surface area contributed by atoms with Gasteiger partial charge in [-0.15, -0.1) is 0 Å². The molecule has 1 saturated carbocycles. The van der Waals surface area contributed by atoms with E-state index in [0.717, 1.165) is 28.9 Å². The van der Waals surface area contributed by atoms with Gasteiger partial charge in [0.1, 0.15) is 13.1 Å². The van der Waals surface area contributed by atoms with E-state index in [2.05, 4.69) is 5.32 Å². The average molecular weight is 486 g/mol. The molecule has 1 N–H and O–H groups in total. The second-order valence-corrected chi connectivity index (χ2v) is 9.50. The first-order chi connectivity index (χ1) is 16.6. The number of benzene rings is 1. The number of rotatable bonds is 9. The van der Waals surface area contributed by atoms with Gasteiger partial charge in [-0.05, 0) is 57.2 Å². The maximum absolute atomic E-state index is 12.8. The van der Waals surface area contributed by atoms with Crippen molar-refractivity contribution in [3.05, 3.63) is 29.3 Å². The van der Waals surface area contributed by atoms with E-state index in [-0.39, 0.29) is 42.1 Å². The average Bonchev–Trinajstić information content (AvgIpc) is 3.08. The Bertz CT molecular complexity index is 983. The van der Waals surface area contributed by atoms with Gasteiger partial charge >= 0.3 is 5.97 Å². The Balaban J connectivity index is 1.55. The SMILES string of the molecule is CCC(C)N(CC(=O)Nc1cccc(C)c1C)C(=O)COC(=O)CN1C(=O)C2CCCCC2C1=O. The van der Waals surface area contributed by atoms with Crippen LogP contribution in [-0.4, -0.2) is 65.1 Å². The van der Waals surface area contributed by atoms with Crippen LogP contribution < -0.4 is 5.32 Å². The van der Waals surface area contributed by atoms with Gasteiger partial charge in [-0.2, -0.15) is 0 Å². The zero-order valence-electron chi connectivity index (χ0n) is 21.0. The molecule has 1 aromatic carbocycles. The molecule has 1 aliphatic carbocycles. The monoisotopic (exact) mass is 485 g/mol. The third-order valence-corrected chi connectivity index (χ3v) is 7.21. The summed E-state index contributed by atoms with van der Waals surface area (Å²) in [6.45, 7) is 6.32. The van der Waals surface area contributed by atoms with Crippen LogP contribution in [-0.2, 0) is 28.7 Å². The second kappa shape index (κ2) is 11.5. The lowest BCUT2D eigenvalue weighted by atomic mass is 9.81. The highest BCUT2D eigenvalue weighted by Crippen LogP contribution is 2.37. The molecule has 1 aliphatic heterocycles. The number of esters is 1. The molecule has 2 fully saturated rings.